The first-order chi connectivity index (χ1) is 15.4. The summed E-state index contributed by atoms with van der Waals surface area (Å²) in [4.78, 5) is 33.4. The van der Waals surface area contributed by atoms with E-state index in [1.165, 1.54) is 11.8 Å². The smallest absolute Gasteiger partial charge is 0.229 e. The summed E-state index contributed by atoms with van der Waals surface area (Å²) in [5, 5.41) is 8.84. The third-order valence-corrected chi connectivity index (χ3v) is 5.11. The molecule has 32 heavy (non-hydrogen) atoms. The largest absolute Gasteiger partial charge is 0.336 e. The Morgan fingerprint density at radius 1 is 1.03 bits per heavy atom. The van der Waals surface area contributed by atoms with Crippen LogP contribution in [0.15, 0.2) is 54.7 Å². The van der Waals surface area contributed by atoms with E-state index >= 15 is 0 Å². The van der Waals surface area contributed by atoms with E-state index in [1.807, 2.05) is 0 Å². The van der Waals surface area contributed by atoms with Gasteiger partial charge in [0.15, 0.2) is 11.6 Å². The van der Waals surface area contributed by atoms with Gasteiger partial charge in [0.2, 0.25) is 17.8 Å². The minimum absolute atomic E-state index is 0.0245. The molecule has 1 aliphatic carbocycles. The summed E-state index contributed by atoms with van der Waals surface area (Å²) < 4.78 is 14.4. The number of nitrogens with one attached hydrogen (secondary N) is 3. The van der Waals surface area contributed by atoms with E-state index in [1.54, 1.807) is 55.6 Å². The van der Waals surface area contributed by atoms with E-state index in [2.05, 4.69) is 25.9 Å². The Labute approximate surface area is 184 Å². The number of halogens is 1. The van der Waals surface area contributed by atoms with Gasteiger partial charge in [-0.15, -0.1) is 0 Å². The van der Waals surface area contributed by atoms with E-state index in [4.69, 9.17) is 0 Å². The van der Waals surface area contributed by atoms with Gasteiger partial charge < -0.3 is 20.9 Å². The average molecular weight is 434 g/mol. The summed E-state index contributed by atoms with van der Waals surface area (Å²) in [5.74, 6) is -0.515. The first-order valence-corrected chi connectivity index (χ1v) is 10.2. The number of carbonyl (C=O) groups is 2. The van der Waals surface area contributed by atoms with Gasteiger partial charge in [-0.1, -0.05) is 12.1 Å². The molecule has 0 aliphatic heterocycles. The lowest BCUT2D eigenvalue weighted by Crippen LogP contribution is -2.22. The Bertz CT molecular complexity index is 1150. The molecular weight excluding hydrogens is 411 g/mol. The van der Waals surface area contributed by atoms with Crippen LogP contribution in [-0.2, 0) is 9.59 Å². The minimum atomic E-state index is -0.627. The zero-order valence-corrected chi connectivity index (χ0v) is 17.7. The molecule has 1 aromatic heterocycles. The van der Waals surface area contributed by atoms with Crippen LogP contribution in [0.5, 0.6) is 0 Å². The molecule has 0 unspecified atom stereocenters. The molecule has 0 bridgehead atoms. The lowest BCUT2D eigenvalue weighted by atomic mass is 10.2. The standard InChI is InChI=1S/C23H23FN6O2/c1-14(31)30(2)17-11-9-16(10-12-17)26-23-25-13-18(24)21(29-23)27-19-5-3-4-6-20(19)28-22(32)15-7-8-15/h3-6,9-13,15H,7-8H2,1-2H3,(H,28,32)(H2,25,26,27,29). The van der Waals surface area contributed by atoms with E-state index < -0.39 is 5.82 Å². The summed E-state index contributed by atoms with van der Waals surface area (Å²) in [6, 6.07) is 14.2. The Morgan fingerprint density at radius 3 is 2.38 bits per heavy atom. The first-order valence-electron chi connectivity index (χ1n) is 10.2. The zero-order chi connectivity index (χ0) is 22.7. The SMILES string of the molecule is CC(=O)N(C)c1ccc(Nc2ncc(F)c(Nc3ccccc3NC(=O)C3CC3)n2)cc1. The highest BCUT2D eigenvalue weighted by atomic mass is 19.1. The lowest BCUT2D eigenvalue weighted by Gasteiger charge is -2.16. The average Bonchev–Trinajstić information content (AvgIpc) is 3.63. The van der Waals surface area contributed by atoms with Crippen molar-refractivity contribution in [3.8, 4) is 0 Å². The second-order valence-electron chi connectivity index (χ2n) is 7.57. The summed E-state index contributed by atoms with van der Waals surface area (Å²) >= 11 is 0. The first kappa shape index (κ1) is 21.2. The topological polar surface area (TPSA) is 99.3 Å². The fourth-order valence-corrected chi connectivity index (χ4v) is 3.00. The van der Waals surface area contributed by atoms with Crippen LogP contribution in [0, 0.1) is 11.7 Å². The van der Waals surface area contributed by atoms with E-state index in [9.17, 15) is 14.0 Å². The summed E-state index contributed by atoms with van der Waals surface area (Å²) in [6.45, 7) is 1.49. The number of hydrogen-bond acceptors (Lipinski definition) is 6. The van der Waals surface area contributed by atoms with Gasteiger partial charge >= 0.3 is 0 Å². The van der Waals surface area contributed by atoms with Crippen molar-refractivity contribution >= 4 is 46.3 Å². The summed E-state index contributed by atoms with van der Waals surface area (Å²) in [5.41, 5.74) is 2.51. The number of para-hydroxylation sites is 2. The molecule has 2 amide bonds. The van der Waals surface area contributed by atoms with E-state index in [0.717, 1.165) is 24.7 Å². The van der Waals surface area contributed by atoms with Gasteiger partial charge in [-0.25, -0.2) is 9.37 Å². The van der Waals surface area contributed by atoms with Gasteiger partial charge in [0, 0.05) is 31.3 Å². The van der Waals surface area contributed by atoms with Crippen molar-refractivity contribution in [3.05, 3.63) is 60.5 Å². The fraction of sp³-hybridized carbons (Fsp3) is 0.217. The van der Waals surface area contributed by atoms with Crippen LogP contribution in [0.3, 0.4) is 0 Å². The predicted molar refractivity (Wildman–Crippen MR) is 122 cm³/mol. The molecular formula is C23H23FN6O2. The predicted octanol–water partition coefficient (Wildman–Crippen LogP) is 4.43. The molecule has 1 fully saturated rings. The molecule has 0 radical (unpaired) electrons. The van der Waals surface area contributed by atoms with Crippen LogP contribution in [-0.4, -0.2) is 28.8 Å². The number of carbonyl (C=O) groups excluding carboxylic acids is 2. The quantitative estimate of drug-likeness (QED) is 0.509. The lowest BCUT2D eigenvalue weighted by molar-refractivity contribution is -0.117. The Morgan fingerprint density at radius 2 is 1.72 bits per heavy atom. The maximum absolute atomic E-state index is 14.4. The van der Waals surface area contributed by atoms with Crippen molar-refractivity contribution in [1.29, 1.82) is 0 Å². The number of nitrogens with zero attached hydrogens (tertiary/aromatic N) is 3. The summed E-state index contributed by atoms with van der Waals surface area (Å²) in [6.07, 6.45) is 2.85. The Balaban J connectivity index is 1.50. The van der Waals surface area contributed by atoms with Crippen molar-refractivity contribution in [1.82, 2.24) is 9.97 Å². The molecule has 8 nitrogen and oxygen atoms in total. The second-order valence-corrected chi connectivity index (χ2v) is 7.57. The van der Waals surface area contributed by atoms with Gasteiger partial charge in [0.25, 0.3) is 0 Å². The van der Waals surface area contributed by atoms with Crippen molar-refractivity contribution in [2.75, 3.05) is 27.9 Å². The van der Waals surface area contributed by atoms with Gasteiger partial charge in [-0.05, 0) is 49.2 Å². The van der Waals surface area contributed by atoms with Gasteiger partial charge in [-0.2, -0.15) is 4.98 Å². The third kappa shape index (κ3) is 5.00. The van der Waals surface area contributed by atoms with Crippen LogP contribution >= 0.6 is 0 Å². The maximum atomic E-state index is 14.4. The number of hydrogen-bond donors (Lipinski definition) is 3. The maximum Gasteiger partial charge on any atom is 0.229 e. The fourth-order valence-electron chi connectivity index (χ4n) is 3.00. The molecule has 9 heteroatoms. The molecule has 3 aromatic rings. The molecule has 0 saturated heterocycles. The van der Waals surface area contributed by atoms with Crippen LogP contribution < -0.4 is 20.9 Å². The molecule has 0 spiro atoms. The molecule has 1 saturated carbocycles. The van der Waals surface area contributed by atoms with E-state index in [0.29, 0.717) is 17.1 Å². The highest BCUT2D eigenvalue weighted by molar-refractivity contribution is 5.97. The Hall–Kier alpha value is -4.01. The van der Waals surface area contributed by atoms with Crippen LogP contribution in [0.25, 0.3) is 0 Å². The van der Waals surface area contributed by atoms with Crippen molar-refractivity contribution in [2.24, 2.45) is 5.92 Å². The molecule has 0 atom stereocenters. The second kappa shape index (κ2) is 9.01. The number of amides is 2. The molecule has 1 aliphatic rings. The molecule has 3 N–H and O–H groups in total. The van der Waals surface area contributed by atoms with Crippen LogP contribution in [0.2, 0.25) is 0 Å². The highest BCUT2D eigenvalue weighted by Gasteiger charge is 2.30. The monoisotopic (exact) mass is 434 g/mol. The number of anilines is 6. The van der Waals surface area contributed by atoms with E-state index in [-0.39, 0.29) is 29.5 Å². The minimum Gasteiger partial charge on any atom is -0.336 e. The number of rotatable bonds is 7. The molecule has 164 valence electrons. The van der Waals surface area contributed by atoms with Gasteiger partial charge in [-0.3, -0.25) is 9.59 Å². The van der Waals surface area contributed by atoms with Crippen LogP contribution in [0.4, 0.5) is 38.9 Å². The number of aromatic nitrogens is 2. The molecule has 1 heterocycles. The highest BCUT2D eigenvalue weighted by Crippen LogP contribution is 2.32. The summed E-state index contributed by atoms with van der Waals surface area (Å²) in [7, 11) is 1.69. The third-order valence-electron chi connectivity index (χ3n) is 5.11. The number of benzene rings is 2. The van der Waals surface area contributed by atoms with Crippen molar-refractivity contribution in [3.63, 3.8) is 0 Å². The van der Waals surface area contributed by atoms with Gasteiger partial charge in [0.05, 0.1) is 17.6 Å². The normalized spacial score (nSPS) is 12.7. The Kier molecular flexibility index (Phi) is 5.98. The van der Waals surface area contributed by atoms with Crippen molar-refractivity contribution < 1.29 is 14.0 Å². The zero-order valence-electron chi connectivity index (χ0n) is 17.7. The van der Waals surface area contributed by atoms with Crippen molar-refractivity contribution in [2.45, 2.75) is 19.8 Å². The van der Waals surface area contributed by atoms with Crippen LogP contribution in [0.1, 0.15) is 19.8 Å². The van der Waals surface area contributed by atoms with Gasteiger partial charge in [0.1, 0.15) is 0 Å². The molecule has 2 aromatic carbocycles. The molecule has 4 rings (SSSR count).